The smallest absolute Gasteiger partial charge is 0.262 e. The van der Waals surface area contributed by atoms with Crippen molar-refractivity contribution in [3.05, 3.63) is 126 Å². The van der Waals surface area contributed by atoms with Gasteiger partial charge in [0.1, 0.15) is 24.1 Å². The van der Waals surface area contributed by atoms with Crippen LogP contribution in [0.4, 0.5) is 0 Å². The molecule has 0 bridgehead atoms. The van der Waals surface area contributed by atoms with Crippen molar-refractivity contribution in [1.29, 1.82) is 0 Å². The van der Waals surface area contributed by atoms with E-state index in [4.69, 9.17) is 55.9 Å². The number of amides is 2. The molecule has 228 valence electrons. The summed E-state index contributed by atoms with van der Waals surface area (Å²) in [7, 11) is 0. The third-order valence-corrected chi connectivity index (χ3v) is 8.09. The molecule has 0 aromatic heterocycles. The lowest BCUT2D eigenvalue weighted by Gasteiger charge is -2.21. The molecule has 0 heterocycles. The first-order valence-electron chi connectivity index (χ1n) is 13.2. The van der Waals surface area contributed by atoms with Crippen LogP contribution in [0.15, 0.2) is 94.5 Å². The first kappa shape index (κ1) is 33.6. The van der Waals surface area contributed by atoms with Gasteiger partial charge in [0.05, 0.1) is 25.8 Å². The quantitative estimate of drug-likeness (QED) is 0.113. The summed E-state index contributed by atoms with van der Waals surface area (Å²) in [6, 6.07) is 23.7. The molecule has 2 amide bonds. The van der Waals surface area contributed by atoms with Crippen LogP contribution < -0.4 is 20.2 Å². The summed E-state index contributed by atoms with van der Waals surface area (Å²) in [4.78, 5) is 26.2. The highest BCUT2D eigenvalue weighted by Gasteiger charge is 2.25. The topological polar surface area (TPSA) is 89.0 Å². The SMILES string of the molecule is C[C@H](Oc1ccc(Cl)cc1Cl)C(=O)N[C@H](Cc1ccccc1)C(=O)N/N=C\c1ccc(OCc2ccc(Cl)c(Cl)c2)c(Br)c1. The highest BCUT2D eigenvalue weighted by Crippen LogP contribution is 2.29. The summed E-state index contributed by atoms with van der Waals surface area (Å²) in [6.07, 6.45) is 0.776. The fraction of sp³-hybridized carbons (Fsp3) is 0.156. The maximum Gasteiger partial charge on any atom is 0.262 e. The van der Waals surface area contributed by atoms with Gasteiger partial charge in [0, 0.05) is 11.4 Å². The highest BCUT2D eigenvalue weighted by atomic mass is 79.9. The molecule has 0 aliphatic heterocycles. The number of hydrogen-bond donors (Lipinski definition) is 2. The summed E-state index contributed by atoms with van der Waals surface area (Å²) in [6.45, 7) is 1.86. The Morgan fingerprint density at radius 3 is 2.30 bits per heavy atom. The molecule has 0 fully saturated rings. The van der Waals surface area contributed by atoms with E-state index in [1.54, 1.807) is 49.4 Å². The Labute approximate surface area is 283 Å². The Hall–Kier alpha value is -3.27. The number of ether oxygens (including phenoxy) is 2. The van der Waals surface area contributed by atoms with Crippen LogP contribution in [0.3, 0.4) is 0 Å². The monoisotopic (exact) mass is 735 g/mol. The summed E-state index contributed by atoms with van der Waals surface area (Å²) >= 11 is 27.7. The number of halogens is 5. The number of carbonyl (C=O) groups is 2. The normalized spacial score (nSPS) is 12.4. The predicted molar refractivity (Wildman–Crippen MR) is 179 cm³/mol. The van der Waals surface area contributed by atoms with Crippen molar-refractivity contribution in [3.63, 3.8) is 0 Å². The second-order valence-electron chi connectivity index (χ2n) is 9.55. The standard InChI is InChI=1S/C32H26BrCl4N3O4/c1-19(44-30-12-9-23(34)16-27(30)37)31(41)39-28(15-20-5-3-2-4-6-20)32(42)40-38-17-21-8-11-29(24(33)13-21)43-18-22-7-10-25(35)26(36)14-22/h2-14,16-17,19,28H,15,18H2,1H3,(H,39,41)(H,40,42)/b38-17-/t19-,28+/m0/s1. The summed E-state index contributed by atoms with van der Waals surface area (Å²) in [5.41, 5.74) is 4.94. The molecule has 0 aliphatic rings. The number of hydrazone groups is 1. The summed E-state index contributed by atoms with van der Waals surface area (Å²) in [5.74, 6) is -0.101. The van der Waals surface area contributed by atoms with Crippen LogP contribution in [0.2, 0.25) is 20.1 Å². The molecule has 0 unspecified atom stereocenters. The van der Waals surface area contributed by atoms with Crippen molar-refractivity contribution in [2.24, 2.45) is 5.10 Å². The molecule has 2 N–H and O–H groups in total. The number of carbonyl (C=O) groups excluding carboxylic acids is 2. The Balaban J connectivity index is 1.38. The maximum atomic E-state index is 13.2. The zero-order valence-corrected chi connectivity index (χ0v) is 27.8. The lowest BCUT2D eigenvalue weighted by atomic mass is 10.1. The van der Waals surface area contributed by atoms with E-state index < -0.39 is 24.0 Å². The minimum Gasteiger partial charge on any atom is -0.488 e. The van der Waals surface area contributed by atoms with Gasteiger partial charge >= 0.3 is 0 Å². The Morgan fingerprint density at radius 2 is 1.59 bits per heavy atom. The number of nitrogens with one attached hydrogen (secondary N) is 2. The molecule has 4 rings (SSSR count). The Kier molecular flexibility index (Phi) is 12.3. The predicted octanol–water partition coefficient (Wildman–Crippen LogP) is 8.29. The van der Waals surface area contributed by atoms with Crippen LogP contribution in [-0.4, -0.2) is 30.2 Å². The fourth-order valence-corrected chi connectivity index (χ4v) is 5.20. The van der Waals surface area contributed by atoms with Gasteiger partial charge in [-0.15, -0.1) is 0 Å². The van der Waals surface area contributed by atoms with E-state index in [0.717, 1.165) is 11.1 Å². The van der Waals surface area contributed by atoms with E-state index in [0.29, 0.717) is 43.2 Å². The lowest BCUT2D eigenvalue weighted by molar-refractivity contribution is -0.132. The van der Waals surface area contributed by atoms with E-state index in [9.17, 15) is 9.59 Å². The molecule has 4 aromatic rings. The van der Waals surface area contributed by atoms with Crippen LogP contribution in [0.25, 0.3) is 0 Å². The Morgan fingerprint density at radius 1 is 0.841 bits per heavy atom. The van der Waals surface area contributed by atoms with Gasteiger partial charge in [-0.3, -0.25) is 9.59 Å². The molecule has 2 atom stereocenters. The largest absolute Gasteiger partial charge is 0.488 e. The number of hydrogen-bond acceptors (Lipinski definition) is 5. The molecule has 0 spiro atoms. The zero-order valence-electron chi connectivity index (χ0n) is 23.2. The van der Waals surface area contributed by atoms with Crippen LogP contribution >= 0.6 is 62.3 Å². The lowest BCUT2D eigenvalue weighted by Crippen LogP contribution is -2.50. The maximum absolute atomic E-state index is 13.2. The molecule has 4 aromatic carbocycles. The highest BCUT2D eigenvalue weighted by molar-refractivity contribution is 9.10. The van der Waals surface area contributed by atoms with Crippen LogP contribution in [0, 0.1) is 0 Å². The number of rotatable bonds is 12. The first-order valence-corrected chi connectivity index (χ1v) is 15.5. The van der Waals surface area contributed by atoms with Crippen molar-refractivity contribution < 1.29 is 19.1 Å². The Bertz CT molecular complexity index is 1660. The van der Waals surface area contributed by atoms with Crippen LogP contribution in [0.5, 0.6) is 11.5 Å². The van der Waals surface area contributed by atoms with E-state index >= 15 is 0 Å². The number of benzene rings is 4. The van der Waals surface area contributed by atoms with Crippen molar-refractivity contribution in [2.45, 2.75) is 32.1 Å². The summed E-state index contributed by atoms with van der Waals surface area (Å²) in [5, 5.41) is 8.50. The molecule has 0 aliphatic carbocycles. The van der Waals surface area contributed by atoms with Gasteiger partial charge in [0.2, 0.25) is 0 Å². The molecular weight excluding hydrogens is 712 g/mol. The second-order valence-corrected chi connectivity index (χ2v) is 12.1. The van der Waals surface area contributed by atoms with Gasteiger partial charge in [0.15, 0.2) is 6.10 Å². The van der Waals surface area contributed by atoms with Gasteiger partial charge in [0.25, 0.3) is 11.8 Å². The molecular formula is C32H26BrCl4N3O4. The minimum atomic E-state index is -0.946. The van der Waals surface area contributed by atoms with E-state index in [2.05, 4.69) is 31.8 Å². The van der Waals surface area contributed by atoms with Crippen molar-refractivity contribution in [3.8, 4) is 11.5 Å². The molecule has 0 saturated carbocycles. The summed E-state index contributed by atoms with van der Waals surface area (Å²) < 4.78 is 12.3. The van der Waals surface area contributed by atoms with Crippen molar-refractivity contribution in [1.82, 2.24) is 10.7 Å². The molecule has 12 heteroatoms. The number of nitrogens with zero attached hydrogens (tertiary/aromatic N) is 1. The van der Waals surface area contributed by atoms with Gasteiger partial charge < -0.3 is 14.8 Å². The van der Waals surface area contributed by atoms with E-state index in [1.807, 2.05) is 36.4 Å². The third kappa shape index (κ3) is 9.87. The second kappa shape index (κ2) is 16.2. The zero-order chi connectivity index (χ0) is 31.6. The first-order chi connectivity index (χ1) is 21.1. The van der Waals surface area contributed by atoms with E-state index in [-0.39, 0.29) is 11.4 Å². The van der Waals surface area contributed by atoms with Gasteiger partial charge in [-0.05, 0) is 88.1 Å². The molecule has 7 nitrogen and oxygen atoms in total. The average Bonchev–Trinajstić information content (AvgIpc) is 3.00. The molecule has 0 radical (unpaired) electrons. The van der Waals surface area contributed by atoms with Crippen LogP contribution in [-0.2, 0) is 22.6 Å². The minimum absolute atomic E-state index is 0.235. The fourth-order valence-electron chi connectivity index (χ4n) is 3.92. The third-order valence-electron chi connectivity index (χ3n) is 6.21. The molecule has 44 heavy (non-hydrogen) atoms. The van der Waals surface area contributed by atoms with E-state index in [1.165, 1.54) is 12.3 Å². The van der Waals surface area contributed by atoms with Crippen molar-refractivity contribution in [2.75, 3.05) is 0 Å². The molecule has 0 saturated heterocycles. The van der Waals surface area contributed by atoms with Crippen LogP contribution in [0.1, 0.15) is 23.6 Å². The van der Waals surface area contributed by atoms with Gasteiger partial charge in [-0.2, -0.15) is 5.10 Å². The average molecular weight is 738 g/mol. The van der Waals surface area contributed by atoms with Gasteiger partial charge in [-0.25, -0.2) is 5.43 Å². The van der Waals surface area contributed by atoms with Crippen molar-refractivity contribution >= 4 is 80.4 Å². The van der Waals surface area contributed by atoms with Gasteiger partial charge in [-0.1, -0.05) is 82.8 Å².